The number of nitrogens with zero attached hydrogens (tertiary/aromatic N) is 1. The minimum Gasteiger partial charge on any atom is -0.490 e. The summed E-state index contributed by atoms with van der Waals surface area (Å²) in [4.78, 5) is 15.7. The SMILES string of the molecule is CCS(=O)(=O)c1ccc(O[C@H]2CC[C@](C)(O)CC2)c(-c2cn(C)c(=O)c3[nH]ccc23)c1. The highest BCUT2D eigenvalue weighted by atomic mass is 32.2. The Morgan fingerprint density at radius 2 is 1.94 bits per heavy atom. The van der Waals surface area contributed by atoms with Gasteiger partial charge in [0.25, 0.3) is 5.56 Å². The lowest BCUT2D eigenvalue weighted by Crippen LogP contribution is -2.34. The monoisotopic (exact) mass is 444 g/mol. The smallest absolute Gasteiger partial charge is 0.274 e. The number of H-pyrrole nitrogens is 1. The average molecular weight is 445 g/mol. The predicted octanol–water partition coefficient (Wildman–Crippen LogP) is 3.40. The largest absolute Gasteiger partial charge is 0.490 e. The Morgan fingerprint density at radius 3 is 2.61 bits per heavy atom. The summed E-state index contributed by atoms with van der Waals surface area (Å²) in [5.41, 5.74) is 0.995. The van der Waals surface area contributed by atoms with E-state index in [-0.39, 0.29) is 22.3 Å². The Morgan fingerprint density at radius 1 is 1.23 bits per heavy atom. The van der Waals surface area contributed by atoms with Crippen molar-refractivity contribution in [1.82, 2.24) is 9.55 Å². The number of benzene rings is 1. The van der Waals surface area contributed by atoms with Crippen LogP contribution in [0.2, 0.25) is 0 Å². The Bertz CT molecular complexity index is 1280. The highest BCUT2D eigenvalue weighted by Crippen LogP contribution is 2.38. The molecule has 0 unspecified atom stereocenters. The van der Waals surface area contributed by atoms with Gasteiger partial charge in [0.15, 0.2) is 9.84 Å². The Labute approximate surface area is 181 Å². The van der Waals surface area contributed by atoms with E-state index in [1.165, 1.54) is 4.57 Å². The summed E-state index contributed by atoms with van der Waals surface area (Å²) in [6.07, 6.45) is 6.08. The highest BCUT2D eigenvalue weighted by Gasteiger charge is 2.30. The molecule has 0 atom stereocenters. The predicted molar refractivity (Wildman–Crippen MR) is 120 cm³/mol. The summed E-state index contributed by atoms with van der Waals surface area (Å²) < 4.78 is 32.9. The van der Waals surface area contributed by atoms with E-state index in [1.54, 1.807) is 44.6 Å². The number of nitrogens with one attached hydrogen (secondary N) is 1. The maximum absolute atomic E-state index is 12.6. The van der Waals surface area contributed by atoms with Gasteiger partial charge in [0.1, 0.15) is 11.3 Å². The minimum absolute atomic E-state index is 0.00279. The second-order valence-electron chi connectivity index (χ2n) is 8.60. The van der Waals surface area contributed by atoms with Crippen molar-refractivity contribution in [3.05, 3.63) is 47.0 Å². The van der Waals surface area contributed by atoms with Crippen LogP contribution in [-0.2, 0) is 16.9 Å². The molecule has 0 amide bonds. The van der Waals surface area contributed by atoms with Crippen LogP contribution in [0, 0.1) is 0 Å². The number of rotatable bonds is 5. The summed E-state index contributed by atoms with van der Waals surface area (Å²) in [6, 6.07) is 6.73. The van der Waals surface area contributed by atoms with Crippen LogP contribution in [0.25, 0.3) is 22.0 Å². The number of aliphatic hydroxyl groups is 1. The van der Waals surface area contributed by atoms with Crippen molar-refractivity contribution in [2.75, 3.05) is 5.75 Å². The quantitative estimate of drug-likeness (QED) is 0.628. The van der Waals surface area contributed by atoms with Crippen LogP contribution < -0.4 is 10.3 Å². The van der Waals surface area contributed by atoms with Gasteiger partial charge in [-0.3, -0.25) is 4.79 Å². The summed E-state index contributed by atoms with van der Waals surface area (Å²) in [6.45, 7) is 3.45. The standard InChI is InChI=1S/C23H28N2O5S/c1-4-31(28,29)16-5-6-20(30-15-7-10-23(2,27)11-8-15)18(13-16)19-14-25(3)22(26)21-17(19)9-12-24-21/h5-6,9,12-15,24,27H,4,7-8,10-11H2,1-3H3/t15-,23-. The average Bonchev–Trinajstić information content (AvgIpc) is 3.23. The van der Waals surface area contributed by atoms with Crippen LogP contribution in [0.3, 0.4) is 0 Å². The molecular formula is C23H28N2O5S. The van der Waals surface area contributed by atoms with E-state index in [0.29, 0.717) is 47.9 Å². The molecule has 2 aromatic heterocycles. The van der Waals surface area contributed by atoms with Gasteiger partial charge < -0.3 is 19.4 Å². The minimum atomic E-state index is -3.42. The van der Waals surface area contributed by atoms with Gasteiger partial charge in [0.05, 0.1) is 22.4 Å². The molecule has 1 fully saturated rings. The topological polar surface area (TPSA) is 101 Å². The number of pyridine rings is 1. The van der Waals surface area contributed by atoms with Gasteiger partial charge in [-0.05, 0) is 56.9 Å². The molecule has 2 N–H and O–H groups in total. The van der Waals surface area contributed by atoms with Crippen molar-refractivity contribution in [2.45, 2.75) is 56.1 Å². The first-order valence-corrected chi connectivity index (χ1v) is 12.2. The van der Waals surface area contributed by atoms with Gasteiger partial charge in [-0.1, -0.05) is 6.92 Å². The third-order valence-corrected chi connectivity index (χ3v) is 7.91. The fourth-order valence-corrected chi connectivity index (χ4v) is 5.08. The molecule has 1 aliphatic carbocycles. The van der Waals surface area contributed by atoms with Gasteiger partial charge >= 0.3 is 0 Å². The zero-order valence-corrected chi connectivity index (χ0v) is 18.8. The number of hydrogen-bond donors (Lipinski definition) is 2. The van der Waals surface area contributed by atoms with Crippen molar-refractivity contribution in [1.29, 1.82) is 0 Å². The zero-order valence-electron chi connectivity index (χ0n) is 18.0. The molecule has 1 saturated carbocycles. The van der Waals surface area contributed by atoms with E-state index < -0.39 is 15.4 Å². The van der Waals surface area contributed by atoms with Crippen molar-refractivity contribution < 1.29 is 18.3 Å². The summed E-state index contributed by atoms with van der Waals surface area (Å²) in [7, 11) is -1.75. The lowest BCUT2D eigenvalue weighted by atomic mass is 9.85. The van der Waals surface area contributed by atoms with Gasteiger partial charge in [-0.2, -0.15) is 0 Å². The maximum Gasteiger partial charge on any atom is 0.274 e. The molecule has 1 aromatic carbocycles. The number of aryl methyl sites for hydroxylation is 1. The fraction of sp³-hybridized carbons (Fsp3) is 0.435. The third-order valence-electron chi connectivity index (χ3n) is 6.18. The third kappa shape index (κ3) is 4.14. The molecule has 0 radical (unpaired) electrons. The van der Waals surface area contributed by atoms with Gasteiger partial charge in [-0.15, -0.1) is 0 Å². The van der Waals surface area contributed by atoms with Crippen LogP contribution in [0.1, 0.15) is 39.5 Å². The lowest BCUT2D eigenvalue weighted by molar-refractivity contribution is -0.0107. The summed E-state index contributed by atoms with van der Waals surface area (Å²) in [5, 5.41) is 11.0. The molecule has 7 nitrogen and oxygen atoms in total. The number of aromatic nitrogens is 2. The number of aromatic amines is 1. The first-order valence-electron chi connectivity index (χ1n) is 10.5. The molecule has 0 aliphatic heterocycles. The van der Waals surface area contributed by atoms with Crippen molar-refractivity contribution in [3.63, 3.8) is 0 Å². The molecule has 0 bridgehead atoms. The molecular weight excluding hydrogens is 416 g/mol. The molecule has 0 spiro atoms. The molecule has 166 valence electrons. The van der Waals surface area contributed by atoms with Crippen LogP contribution in [0.4, 0.5) is 0 Å². The van der Waals surface area contributed by atoms with Gasteiger partial charge in [-0.25, -0.2) is 8.42 Å². The second kappa shape index (κ2) is 7.84. The lowest BCUT2D eigenvalue weighted by Gasteiger charge is -2.33. The van der Waals surface area contributed by atoms with Crippen LogP contribution >= 0.6 is 0 Å². The summed E-state index contributed by atoms with van der Waals surface area (Å²) in [5.74, 6) is 0.569. The number of sulfone groups is 1. The van der Waals surface area contributed by atoms with E-state index in [0.717, 1.165) is 5.56 Å². The van der Waals surface area contributed by atoms with E-state index in [1.807, 2.05) is 13.0 Å². The Hall–Kier alpha value is -2.58. The second-order valence-corrected chi connectivity index (χ2v) is 10.9. The molecule has 2 heterocycles. The van der Waals surface area contributed by atoms with Crippen molar-refractivity contribution in [2.24, 2.45) is 7.05 Å². The van der Waals surface area contributed by atoms with Crippen LogP contribution in [0.5, 0.6) is 5.75 Å². The number of ether oxygens (including phenoxy) is 1. The molecule has 31 heavy (non-hydrogen) atoms. The number of fused-ring (bicyclic) bond motifs is 1. The van der Waals surface area contributed by atoms with Crippen LogP contribution in [0.15, 0.2) is 46.3 Å². The molecule has 4 rings (SSSR count). The fourth-order valence-electron chi connectivity index (χ4n) is 4.18. The van der Waals surface area contributed by atoms with Crippen LogP contribution in [-0.4, -0.2) is 40.5 Å². The highest BCUT2D eigenvalue weighted by molar-refractivity contribution is 7.91. The molecule has 1 aliphatic rings. The van der Waals surface area contributed by atoms with E-state index in [9.17, 15) is 18.3 Å². The van der Waals surface area contributed by atoms with E-state index in [4.69, 9.17) is 4.74 Å². The van der Waals surface area contributed by atoms with Gasteiger partial charge in [0, 0.05) is 36.0 Å². The molecule has 8 heteroatoms. The molecule has 0 saturated heterocycles. The zero-order chi connectivity index (χ0) is 22.4. The number of hydrogen-bond acceptors (Lipinski definition) is 5. The maximum atomic E-state index is 12.6. The van der Waals surface area contributed by atoms with Gasteiger partial charge in [0.2, 0.25) is 0 Å². The van der Waals surface area contributed by atoms with E-state index in [2.05, 4.69) is 4.98 Å². The van der Waals surface area contributed by atoms with Crippen molar-refractivity contribution >= 4 is 20.7 Å². The molecule has 3 aromatic rings. The van der Waals surface area contributed by atoms with Crippen molar-refractivity contribution in [3.8, 4) is 16.9 Å². The summed E-state index contributed by atoms with van der Waals surface area (Å²) >= 11 is 0. The van der Waals surface area contributed by atoms with E-state index >= 15 is 0 Å². The Balaban J connectivity index is 1.85. The first kappa shape index (κ1) is 21.6. The normalized spacial score (nSPS) is 22.0. The Kier molecular flexibility index (Phi) is 5.47. The first-order chi connectivity index (χ1) is 14.6.